The number of rotatable bonds is 3. The molecular formula is C10H13N3OS. The normalized spacial score (nSPS) is 14.9. The lowest BCUT2D eigenvalue weighted by atomic mass is 10.2. The Balaban J connectivity index is 2.34. The summed E-state index contributed by atoms with van der Waals surface area (Å²) in [6.45, 7) is 2.10. The molecule has 4 nitrogen and oxygen atoms in total. The van der Waals surface area contributed by atoms with Crippen LogP contribution in [0.3, 0.4) is 0 Å². The SMILES string of the molecule is CSc1cc(C(N)=O)cnc1N1CCC1. The number of carbonyl (C=O) groups excluding carboxylic acids is 1. The lowest BCUT2D eigenvalue weighted by Gasteiger charge is -2.33. The van der Waals surface area contributed by atoms with Gasteiger partial charge < -0.3 is 10.6 Å². The number of anilines is 1. The Hall–Kier alpha value is -1.23. The van der Waals surface area contributed by atoms with Crippen LogP contribution in [-0.4, -0.2) is 30.2 Å². The minimum Gasteiger partial charge on any atom is -0.366 e. The largest absolute Gasteiger partial charge is 0.366 e. The topological polar surface area (TPSA) is 59.2 Å². The van der Waals surface area contributed by atoms with Crippen LogP contribution in [0.4, 0.5) is 5.82 Å². The first-order valence-corrected chi connectivity index (χ1v) is 6.03. The van der Waals surface area contributed by atoms with Crippen molar-refractivity contribution in [1.82, 2.24) is 4.98 Å². The van der Waals surface area contributed by atoms with E-state index in [-0.39, 0.29) is 0 Å². The van der Waals surface area contributed by atoms with Crippen LogP contribution in [0.5, 0.6) is 0 Å². The predicted octanol–water partition coefficient (Wildman–Crippen LogP) is 1.11. The molecule has 5 heteroatoms. The van der Waals surface area contributed by atoms with Crippen LogP contribution in [0.25, 0.3) is 0 Å². The van der Waals surface area contributed by atoms with Gasteiger partial charge in [-0.25, -0.2) is 4.98 Å². The van der Waals surface area contributed by atoms with E-state index in [1.165, 1.54) is 6.42 Å². The summed E-state index contributed by atoms with van der Waals surface area (Å²) in [5.74, 6) is 0.548. The van der Waals surface area contributed by atoms with Crippen molar-refractivity contribution in [3.63, 3.8) is 0 Å². The van der Waals surface area contributed by atoms with Crippen molar-refractivity contribution >= 4 is 23.5 Å². The van der Waals surface area contributed by atoms with Crippen LogP contribution in [0.2, 0.25) is 0 Å². The number of carbonyl (C=O) groups is 1. The first-order chi connectivity index (χ1) is 7.22. The average Bonchev–Trinajstić information content (AvgIpc) is 2.15. The summed E-state index contributed by atoms with van der Waals surface area (Å²) < 4.78 is 0. The van der Waals surface area contributed by atoms with Crippen LogP contribution < -0.4 is 10.6 Å². The monoisotopic (exact) mass is 223 g/mol. The summed E-state index contributed by atoms with van der Waals surface area (Å²) in [5.41, 5.74) is 5.68. The molecule has 1 aromatic heterocycles. The van der Waals surface area contributed by atoms with Gasteiger partial charge in [0.25, 0.3) is 0 Å². The summed E-state index contributed by atoms with van der Waals surface area (Å²) >= 11 is 1.59. The second kappa shape index (κ2) is 4.10. The Labute approximate surface area is 92.9 Å². The molecule has 0 unspecified atom stereocenters. The lowest BCUT2D eigenvalue weighted by molar-refractivity contribution is 0.1000. The molecule has 0 aromatic carbocycles. The lowest BCUT2D eigenvalue weighted by Crippen LogP contribution is -2.38. The van der Waals surface area contributed by atoms with Crippen molar-refractivity contribution in [2.75, 3.05) is 24.2 Å². The quantitative estimate of drug-likeness (QED) is 0.780. The molecule has 2 N–H and O–H groups in total. The summed E-state index contributed by atoms with van der Waals surface area (Å²) in [5, 5.41) is 0. The van der Waals surface area contributed by atoms with E-state index in [9.17, 15) is 4.79 Å². The van der Waals surface area contributed by atoms with Gasteiger partial charge in [-0.05, 0) is 18.7 Å². The molecule has 15 heavy (non-hydrogen) atoms. The number of hydrogen-bond donors (Lipinski definition) is 1. The minimum absolute atomic E-state index is 0.423. The summed E-state index contributed by atoms with van der Waals surface area (Å²) in [6, 6.07) is 1.81. The van der Waals surface area contributed by atoms with Gasteiger partial charge in [0.05, 0.1) is 10.5 Å². The summed E-state index contributed by atoms with van der Waals surface area (Å²) in [6.07, 6.45) is 4.74. The van der Waals surface area contributed by atoms with Crippen molar-refractivity contribution in [3.8, 4) is 0 Å². The van der Waals surface area contributed by atoms with Crippen molar-refractivity contribution in [2.45, 2.75) is 11.3 Å². The fraction of sp³-hybridized carbons (Fsp3) is 0.400. The Morgan fingerprint density at radius 3 is 2.80 bits per heavy atom. The number of nitrogens with two attached hydrogens (primary N) is 1. The Kier molecular flexibility index (Phi) is 2.81. The maximum Gasteiger partial charge on any atom is 0.250 e. The number of thioether (sulfide) groups is 1. The van der Waals surface area contributed by atoms with Gasteiger partial charge in [-0.1, -0.05) is 0 Å². The minimum atomic E-state index is -0.423. The smallest absolute Gasteiger partial charge is 0.250 e. The molecule has 0 radical (unpaired) electrons. The number of primary amides is 1. The highest BCUT2D eigenvalue weighted by Gasteiger charge is 2.19. The number of amides is 1. The fourth-order valence-electron chi connectivity index (χ4n) is 1.49. The number of nitrogens with zero attached hydrogens (tertiary/aromatic N) is 2. The second-order valence-corrected chi connectivity index (χ2v) is 4.30. The number of hydrogen-bond acceptors (Lipinski definition) is 4. The van der Waals surface area contributed by atoms with E-state index in [4.69, 9.17) is 5.73 Å². The second-order valence-electron chi connectivity index (χ2n) is 3.45. The van der Waals surface area contributed by atoms with Gasteiger partial charge in [0.1, 0.15) is 5.82 Å². The number of aromatic nitrogens is 1. The van der Waals surface area contributed by atoms with Gasteiger partial charge in [0.15, 0.2) is 0 Å². The molecule has 1 amide bonds. The van der Waals surface area contributed by atoms with Crippen molar-refractivity contribution in [3.05, 3.63) is 17.8 Å². The van der Waals surface area contributed by atoms with Gasteiger partial charge in [0.2, 0.25) is 5.91 Å². The van der Waals surface area contributed by atoms with Crippen molar-refractivity contribution in [2.24, 2.45) is 5.73 Å². The summed E-state index contributed by atoms with van der Waals surface area (Å²) in [7, 11) is 0. The Morgan fingerprint density at radius 1 is 1.60 bits per heavy atom. The molecule has 0 atom stereocenters. The van der Waals surface area contributed by atoms with E-state index in [1.807, 2.05) is 12.3 Å². The first-order valence-electron chi connectivity index (χ1n) is 4.81. The van der Waals surface area contributed by atoms with Gasteiger partial charge in [-0.15, -0.1) is 11.8 Å². The molecule has 80 valence electrons. The van der Waals surface area contributed by atoms with Crippen LogP contribution in [0.15, 0.2) is 17.2 Å². The van der Waals surface area contributed by atoms with E-state index in [0.717, 1.165) is 23.8 Å². The Bertz CT molecular complexity index is 390. The van der Waals surface area contributed by atoms with E-state index in [2.05, 4.69) is 9.88 Å². The third-order valence-electron chi connectivity index (χ3n) is 2.49. The maximum absolute atomic E-state index is 11.0. The molecule has 1 aliphatic heterocycles. The molecule has 1 aliphatic rings. The molecule has 0 saturated carbocycles. The van der Waals surface area contributed by atoms with Crippen LogP contribution >= 0.6 is 11.8 Å². The average molecular weight is 223 g/mol. The molecule has 2 heterocycles. The molecule has 0 spiro atoms. The maximum atomic E-state index is 11.0. The first kappa shape index (κ1) is 10.3. The van der Waals surface area contributed by atoms with E-state index >= 15 is 0 Å². The van der Waals surface area contributed by atoms with Gasteiger partial charge in [-0.3, -0.25) is 4.79 Å². The molecule has 1 saturated heterocycles. The van der Waals surface area contributed by atoms with Crippen molar-refractivity contribution in [1.29, 1.82) is 0 Å². The molecule has 1 aromatic rings. The van der Waals surface area contributed by atoms with E-state index < -0.39 is 5.91 Å². The van der Waals surface area contributed by atoms with Crippen LogP contribution in [-0.2, 0) is 0 Å². The predicted molar refractivity (Wildman–Crippen MR) is 61.4 cm³/mol. The number of pyridine rings is 1. The highest BCUT2D eigenvalue weighted by molar-refractivity contribution is 7.98. The highest BCUT2D eigenvalue weighted by Crippen LogP contribution is 2.29. The molecule has 0 aliphatic carbocycles. The summed E-state index contributed by atoms with van der Waals surface area (Å²) in [4.78, 5) is 18.5. The highest BCUT2D eigenvalue weighted by atomic mass is 32.2. The zero-order valence-corrected chi connectivity index (χ0v) is 9.38. The van der Waals surface area contributed by atoms with E-state index in [1.54, 1.807) is 18.0 Å². The van der Waals surface area contributed by atoms with Gasteiger partial charge in [-0.2, -0.15) is 0 Å². The molecular weight excluding hydrogens is 210 g/mol. The van der Waals surface area contributed by atoms with Crippen LogP contribution in [0, 0.1) is 0 Å². The molecule has 1 fully saturated rings. The van der Waals surface area contributed by atoms with Crippen LogP contribution in [0.1, 0.15) is 16.8 Å². The van der Waals surface area contributed by atoms with Crippen molar-refractivity contribution < 1.29 is 4.79 Å². The zero-order valence-electron chi connectivity index (χ0n) is 8.56. The Morgan fingerprint density at radius 2 is 2.33 bits per heavy atom. The fourth-order valence-corrected chi connectivity index (χ4v) is 2.10. The van der Waals surface area contributed by atoms with E-state index in [0.29, 0.717) is 5.56 Å². The van der Waals surface area contributed by atoms with Gasteiger partial charge in [0, 0.05) is 19.3 Å². The standard InChI is InChI=1S/C10H13N3OS/c1-15-8-5-7(9(11)14)6-12-10(8)13-3-2-4-13/h5-6H,2-4H2,1H3,(H2,11,14). The third-order valence-corrected chi connectivity index (χ3v) is 3.23. The third kappa shape index (κ3) is 1.92. The molecule has 0 bridgehead atoms. The van der Waals surface area contributed by atoms with Gasteiger partial charge >= 0.3 is 0 Å². The zero-order chi connectivity index (χ0) is 10.8. The molecule has 2 rings (SSSR count).